The number of rotatable bonds is 8. The maximum atomic E-state index is 13.2. The van der Waals surface area contributed by atoms with E-state index in [9.17, 15) is 9.90 Å². The molecule has 0 radical (unpaired) electrons. The highest BCUT2D eigenvalue weighted by Crippen LogP contribution is 2.32. The van der Waals surface area contributed by atoms with Gasteiger partial charge >= 0.3 is 0 Å². The average Bonchev–Trinajstić information content (AvgIpc) is 3.18. The lowest BCUT2D eigenvalue weighted by atomic mass is 9.99. The van der Waals surface area contributed by atoms with Crippen LogP contribution in [0.1, 0.15) is 48.2 Å². The van der Waals surface area contributed by atoms with Crippen LogP contribution in [0.4, 0.5) is 5.69 Å². The van der Waals surface area contributed by atoms with Crippen LogP contribution in [-0.4, -0.2) is 39.7 Å². The summed E-state index contributed by atoms with van der Waals surface area (Å²) in [5.74, 6) is 0.0422. The van der Waals surface area contributed by atoms with Crippen molar-refractivity contribution in [2.45, 2.75) is 26.7 Å². The van der Waals surface area contributed by atoms with Crippen LogP contribution in [0.25, 0.3) is 10.9 Å². The van der Waals surface area contributed by atoms with Crippen LogP contribution in [0.2, 0.25) is 0 Å². The maximum Gasteiger partial charge on any atom is 0.253 e. The smallest absolute Gasteiger partial charge is 0.253 e. The van der Waals surface area contributed by atoms with E-state index >= 15 is 0 Å². The number of carbonyl (C=O) groups is 1. The van der Waals surface area contributed by atoms with Crippen LogP contribution in [0.5, 0.6) is 5.88 Å². The number of aromatic amines is 1. The number of aromatic nitrogens is 1. The zero-order chi connectivity index (χ0) is 23.2. The number of benzene rings is 3. The Kier molecular flexibility index (Phi) is 6.89. The first-order valence-electron chi connectivity index (χ1n) is 11.5. The molecule has 0 saturated carbocycles. The Morgan fingerprint density at radius 2 is 1.52 bits per heavy atom. The number of aliphatic imine (C=N–C) groups is 1. The van der Waals surface area contributed by atoms with Gasteiger partial charge in [-0.25, -0.2) is 4.99 Å². The fourth-order valence-corrected chi connectivity index (χ4v) is 4.08. The van der Waals surface area contributed by atoms with Gasteiger partial charge in [-0.05, 0) is 43.2 Å². The van der Waals surface area contributed by atoms with Gasteiger partial charge in [-0.2, -0.15) is 0 Å². The van der Waals surface area contributed by atoms with Crippen LogP contribution in [-0.2, 0) is 0 Å². The van der Waals surface area contributed by atoms with E-state index < -0.39 is 0 Å². The second kappa shape index (κ2) is 10.2. The molecule has 5 heteroatoms. The van der Waals surface area contributed by atoms with E-state index in [0.717, 1.165) is 48.1 Å². The van der Waals surface area contributed by atoms with Crippen molar-refractivity contribution in [3.63, 3.8) is 0 Å². The highest BCUT2D eigenvalue weighted by molar-refractivity contribution is 6.22. The van der Waals surface area contributed by atoms with Crippen molar-refractivity contribution in [3.8, 4) is 5.88 Å². The Labute approximate surface area is 194 Å². The molecule has 0 saturated heterocycles. The lowest BCUT2D eigenvalue weighted by molar-refractivity contribution is 0.0755. The van der Waals surface area contributed by atoms with E-state index in [1.54, 1.807) is 0 Å². The molecule has 0 aliphatic carbocycles. The molecular formula is C28H29N3O2. The summed E-state index contributed by atoms with van der Waals surface area (Å²) in [4.78, 5) is 23.1. The maximum absolute atomic E-state index is 13.2. The van der Waals surface area contributed by atoms with E-state index in [-0.39, 0.29) is 11.8 Å². The summed E-state index contributed by atoms with van der Waals surface area (Å²) in [6, 6.07) is 25.0. The van der Waals surface area contributed by atoms with Crippen molar-refractivity contribution in [3.05, 3.63) is 95.6 Å². The van der Waals surface area contributed by atoms with Crippen molar-refractivity contribution in [1.82, 2.24) is 9.88 Å². The number of nitrogens with one attached hydrogen (secondary N) is 1. The summed E-state index contributed by atoms with van der Waals surface area (Å²) < 4.78 is 0. The number of amides is 1. The Bertz CT molecular complexity index is 1250. The number of fused-ring (bicyclic) bond motifs is 1. The largest absolute Gasteiger partial charge is 0.494 e. The second-order valence-electron chi connectivity index (χ2n) is 8.06. The Morgan fingerprint density at radius 3 is 2.15 bits per heavy atom. The Balaban J connectivity index is 1.87. The molecule has 4 rings (SSSR count). The summed E-state index contributed by atoms with van der Waals surface area (Å²) >= 11 is 0. The van der Waals surface area contributed by atoms with Crippen molar-refractivity contribution < 1.29 is 9.90 Å². The molecule has 1 heterocycles. The SMILES string of the molecule is CCCN(CCC)C(=O)c1ccc2[nH]c(O)c(C(=Nc3ccccc3)c3ccccc3)c2c1. The minimum absolute atomic E-state index is 0.00787. The molecular weight excluding hydrogens is 410 g/mol. The molecule has 33 heavy (non-hydrogen) atoms. The highest BCUT2D eigenvalue weighted by Gasteiger charge is 2.21. The molecule has 1 aromatic heterocycles. The molecule has 0 fully saturated rings. The zero-order valence-corrected chi connectivity index (χ0v) is 19.1. The predicted molar refractivity (Wildman–Crippen MR) is 135 cm³/mol. The van der Waals surface area contributed by atoms with E-state index in [2.05, 4.69) is 18.8 Å². The van der Waals surface area contributed by atoms with Crippen LogP contribution < -0.4 is 0 Å². The van der Waals surface area contributed by atoms with E-state index in [1.165, 1.54) is 0 Å². The molecule has 4 aromatic rings. The van der Waals surface area contributed by atoms with Gasteiger partial charge in [0.15, 0.2) is 5.88 Å². The molecule has 0 spiro atoms. The number of para-hydroxylation sites is 1. The zero-order valence-electron chi connectivity index (χ0n) is 19.1. The molecule has 0 aliphatic heterocycles. The lowest BCUT2D eigenvalue weighted by Crippen LogP contribution is -2.32. The summed E-state index contributed by atoms with van der Waals surface area (Å²) in [5, 5.41) is 11.7. The van der Waals surface area contributed by atoms with Gasteiger partial charge in [0.05, 0.1) is 17.0 Å². The topological polar surface area (TPSA) is 68.7 Å². The van der Waals surface area contributed by atoms with Gasteiger partial charge in [0, 0.05) is 35.1 Å². The van der Waals surface area contributed by atoms with Crippen LogP contribution in [0.15, 0.2) is 83.9 Å². The van der Waals surface area contributed by atoms with Gasteiger partial charge in [0.25, 0.3) is 5.91 Å². The van der Waals surface area contributed by atoms with Gasteiger partial charge in [0.1, 0.15) is 0 Å². The van der Waals surface area contributed by atoms with Crippen molar-refractivity contribution >= 4 is 28.2 Å². The first kappa shape index (κ1) is 22.3. The minimum Gasteiger partial charge on any atom is -0.494 e. The fourth-order valence-electron chi connectivity index (χ4n) is 4.08. The van der Waals surface area contributed by atoms with E-state index in [1.807, 2.05) is 83.8 Å². The molecule has 5 nitrogen and oxygen atoms in total. The van der Waals surface area contributed by atoms with Crippen molar-refractivity contribution in [2.24, 2.45) is 4.99 Å². The molecule has 0 unspecified atom stereocenters. The first-order chi connectivity index (χ1) is 16.1. The second-order valence-corrected chi connectivity index (χ2v) is 8.06. The monoisotopic (exact) mass is 439 g/mol. The third-order valence-corrected chi connectivity index (χ3v) is 5.58. The quantitative estimate of drug-likeness (QED) is 0.316. The van der Waals surface area contributed by atoms with Gasteiger partial charge in [-0.1, -0.05) is 62.4 Å². The number of carbonyl (C=O) groups excluding carboxylic acids is 1. The van der Waals surface area contributed by atoms with E-state index in [0.29, 0.717) is 16.8 Å². The number of hydrogen-bond acceptors (Lipinski definition) is 3. The molecule has 0 atom stereocenters. The fraction of sp³-hybridized carbons (Fsp3) is 0.214. The number of nitrogens with zero attached hydrogens (tertiary/aromatic N) is 2. The number of aromatic hydroxyl groups is 1. The molecule has 0 bridgehead atoms. The lowest BCUT2D eigenvalue weighted by Gasteiger charge is -2.21. The van der Waals surface area contributed by atoms with Crippen LogP contribution in [0.3, 0.4) is 0 Å². The molecule has 1 amide bonds. The molecule has 168 valence electrons. The third-order valence-electron chi connectivity index (χ3n) is 5.58. The normalized spacial score (nSPS) is 11.6. The van der Waals surface area contributed by atoms with Crippen LogP contribution >= 0.6 is 0 Å². The summed E-state index contributed by atoms with van der Waals surface area (Å²) in [6.07, 6.45) is 1.82. The predicted octanol–water partition coefficient (Wildman–Crippen LogP) is 6.30. The summed E-state index contributed by atoms with van der Waals surface area (Å²) in [6.45, 7) is 5.60. The highest BCUT2D eigenvalue weighted by atomic mass is 16.3. The van der Waals surface area contributed by atoms with E-state index in [4.69, 9.17) is 4.99 Å². The number of H-pyrrole nitrogens is 1. The Morgan fingerprint density at radius 1 is 0.879 bits per heavy atom. The van der Waals surface area contributed by atoms with Crippen LogP contribution in [0, 0.1) is 0 Å². The first-order valence-corrected chi connectivity index (χ1v) is 11.5. The summed E-state index contributed by atoms with van der Waals surface area (Å²) in [5.41, 5.74) is 4.27. The van der Waals surface area contributed by atoms with Crippen molar-refractivity contribution in [2.75, 3.05) is 13.1 Å². The van der Waals surface area contributed by atoms with Gasteiger partial charge in [-0.15, -0.1) is 0 Å². The standard InChI is InChI=1S/C28H29N3O2/c1-3-17-31(18-4-2)28(33)21-15-16-24-23(19-21)25(27(32)30-24)26(20-11-7-5-8-12-20)29-22-13-9-6-10-14-22/h5-16,19,30,32H,3-4,17-18H2,1-2H3. The van der Waals surface area contributed by atoms with Gasteiger partial charge in [-0.3, -0.25) is 4.79 Å². The third kappa shape index (κ3) is 4.82. The van der Waals surface area contributed by atoms with Gasteiger partial charge in [0.2, 0.25) is 0 Å². The minimum atomic E-state index is 0.00787. The summed E-state index contributed by atoms with van der Waals surface area (Å²) in [7, 11) is 0. The molecule has 3 aromatic carbocycles. The number of hydrogen-bond donors (Lipinski definition) is 2. The van der Waals surface area contributed by atoms with Crippen molar-refractivity contribution in [1.29, 1.82) is 0 Å². The van der Waals surface area contributed by atoms with Gasteiger partial charge < -0.3 is 15.0 Å². The average molecular weight is 440 g/mol. The molecule has 2 N–H and O–H groups in total. The Hall–Kier alpha value is -3.86. The molecule has 0 aliphatic rings.